The van der Waals surface area contributed by atoms with Crippen molar-refractivity contribution in [1.29, 1.82) is 0 Å². The van der Waals surface area contributed by atoms with Crippen LogP contribution in [0.2, 0.25) is 0 Å². The van der Waals surface area contributed by atoms with Gasteiger partial charge in [-0.1, -0.05) is 13.8 Å². The fraction of sp³-hybridized carbons (Fsp3) is 0.733. The van der Waals surface area contributed by atoms with Crippen LogP contribution in [0.5, 0.6) is 0 Å². The maximum absolute atomic E-state index is 6.33. The molecule has 0 bridgehead atoms. The summed E-state index contributed by atoms with van der Waals surface area (Å²) in [5.41, 5.74) is 10.7. The highest BCUT2D eigenvalue weighted by Gasteiger charge is 2.33. The summed E-state index contributed by atoms with van der Waals surface area (Å²) in [6, 6.07) is 2.82. The van der Waals surface area contributed by atoms with Crippen molar-refractivity contribution < 1.29 is 4.74 Å². The van der Waals surface area contributed by atoms with E-state index < -0.39 is 0 Å². The highest BCUT2D eigenvalue weighted by Crippen LogP contribution is 2.41. The molecule has 0 amide bonds. The second-order valence-corrected chi connectivity index (χ2v) is 6.51. The zero-order chi connectivity index (χ0) is 13.5. The van der Waals surface area contributed by atoms with Gasteiger partial charge < -0.3 is 15.0 Å². The molecule has 1 aromatic rings. The molecule has 2 N–H and O–H groups in total. The molecule has 0 radical (unpaired) electrons. The molecular weight excluding hydrogens is 224 g/mol. The SMILES string of the molecule is COCC(C)n1c(C)cc2c1CC(C)(C)CC2N. The molecule has 102 valence electrons. The summed E-state index contributed by atoms with van der Waals surface area (Å²) in [5.74, 6) is 0. The summed E-state index contributed by atoms with van der Waals surface area (Å²) in [7, 11) is 1.76. The van der Waals surface area contributed by atoms with Gasteiger partial charge in [0.25, 0.3) is 0 Å². The average molecular weight is 250 g/mol. The molecule has 3 nitrogen and oxygen atoms in total. The monoisotopic (exact) mass is 250 g/mol. The highest BCUT2D eigenvalue weighted by molar-refractivity contribution is 5.34. The maximum atomic E-state index is 6.33. The van der Waals surface area contributed by atoms with Crippen molar-refractivity contribution in [2.75, 3.05) is 13.7 Å². The molecule has 1 aliphatic carbocycles. The molecule has 1 aliphatic rings. The third-order valence-electron chi connectivity index (χ3n) is 4.04. The largest absolute Gasteiger partial charge is 0.383 e. The number of nitrogens with zero attached hydrogens (tertiary/aromatic N) is 1. The fourth-order valence-electron chi connectivity index (χ4n) is 3.40. The van der Waals surface area contributed by atoms with E-state index in [1.165, 1.54) is 17.0 Å². The van der Waals surface area contributed by atoms with Gasteiger partial charge in [0, 0.05) is 24.5 Å². The van der Waals surface area contributed by atoms with E-state index in [4.69, 9.17) is 10.5 Å². The van der Waals surface area contributed by atoms with Gasteiger partial charge in [-0.25, -0.2) is 0 Å². The number of methoxy groups -OCH3 is 1. The molecule has 2 atom stereocenters. The van der Waals surface area contributed by atoms with E-state index in [0.29, 0.717) is 11.5 Å². The number of nitrogens with two attached hydrogens (primary N) is 1. The number of aromatic nitrogens is 1. The van der Waals surface area contributed by atoms with E-state index >= 15 is 0 Å². The number of ether oxygens (including phenoxy) is 1. The topological polar surface area (TPSA) is 40.2 Å². The van der Waals surface area contributed by atoms with Crippen molar-refractivity contribution >= 4 is 0 Å². The number of aryl methyl sites for hydroxylation is 1. The van der Waals surface area contributed by atoms with E-state index in [1.54, 1.807) is 7.11 Å². The Morgan fingerprint density at radius 3 is 2.83 bits per heavy atom. The third-order valence-corrected chi connectivity index (χ3v) is 4.04. The minimum absolute atomic E-state index is 0.179. The lowest BCUT2D eigenvalue weighted by atomic mass is 9.74. The normalized spacial score (nSPS) is 23.8. The Kier molecular flexibility index (Phi) is 3.56. The molecule has 3 heteroatoms. The summed E-state index contributed by atoms with van der Waals surface area (Å²) in [5, 5.41) is 0. The molecule has 0 saturated heterocycles. The summed E-state index contributed by atoms with van der Waals surface area (Å²) in [6.07, 6.45) is 2.18. The summed E-state index contributed by atoms with van der Waals surface area (Å²) < 4.78 is 7.72. The van der Waals surface area contributed by atoms with Gasteiger partial charge in [-0.2, -0.15) is 0 Å². The van der Waals surface area contributed by atoms with Crippen molar-refractivity contribution in [3.05, 3.63) is 23.0 Å². The number of rotatable bonds is 3. The predicted molar refractivity (Wildman–Crippen MR) is 74.8 cm³/mol. The van der Waals surface area contributed by atoms with Crippen molar-refractivity contribution in [3.63, 3.8) is 0 Å². The van der Waals surface area contributed by atoms with Crippen LogP contribution in [0.25, 0.3) is 0 Å². The minimum Gasteiger partial charge on any atom is -0.383 e. The van der Waals surface area contributed by atoms with Gasteiger partial charge >= 0.3 is 0 Å². The molecular formula is C15H26N2O. The van der Waals surface area contributed by atoms with E-state index in [2.05, 4.69) is 38.3 Å². The van der Waals surface area contributed by atoms with Gasteiger partial charge in [0.1, 0.15) is 0 Å². The highest BCUT2D eigenvalue weighted by atomic mass is 16.5. The summed E-state index contributed by atoms with van der Waals surface area (Å²) >= 11 is 0. The van der Waals surface area contributed by atoms with Gasteiger partial charge in [-0.3, -0.25) is 0 Å². The van der Waals surface area contributed by atoms with E-state index in [1.807, 2.05) is 0 Å². The first-order valence-electron chi connectivity index (χ1n) is 6.81. The van der Waals surface area contributed by atoms with Crippen LogP contribution in [0, 0.1) is 12.3 Å². The van der Waals surface area contributed by atoms with E-state index in [9.17, 15) is 0 Å². The van der Waals surface area contributed by atoms with Gasteiger partial charge in [0.2, 0.25) is 0 Å². The Balaban J connectivity index is 2.44. The molecule has 0 fully saturated rings. The Morgan fingerprint density at radius 1 is 1.56 bits per heavy atom. The van der Waals surface area contributed by atoms with Crippen LogP contribution >= 0.6 is 0 Å². The van der Waals surface area contributed by atoms with Crippen LogP contribution in [-0.4, -0.2) is 18.3 Å². The lowest BCUT2D eigenvalue weighted by Gasteiger charge is -2.35. The molecule has 0 spiro atoms. The molecule has 1 aromatic heterocycles. The summed E-state index contributed by atoms with van der Waals surface area (Å²) in [6.45, 7) is 9.75. The smallest absolute Gasteiger partial charge is 0.0667 e. The second kappa shape index (κ2) is 4.71. The quantitative estimate of drug-likeness (QED) is 0.896. The first-order valence-corrected chi connectivity index (χ1v) is 6.81. The lowest BCUT2D eigenvalue weighted by molar-refractivity contribution is 0.158. The Hall–Kier alpha value is -0.800. The van der Waals surface area contributed by atoms with E-state index in [0.717, 1.165) is 19.4 Å². The average Bonchev–Trinajstić information content (AvgIpc) is 2.53. The molecule has 0 saturated carbocycles. The number of hydrogen-bond acceptors (Lipinski definition) is 2. The zero-order valence-corrected chi connectivity index (χ0v) is 12.3. The van der Waals surface area contributed by atoms with Crippen molar-refractivity contribution in [2.24, 2.45) is 11.1 Å². The van der Waals surface area contributed by atoms with Crippen LogP contribution in [-0.2, 0) is 11.2 Å². The number of hydrogen-bond donors (Lipinski definition) is 1. The molecule has 1 heterocycles. The second-order valence-electron chi connectivity index (χ2n) is 6.51. The molecule has 18 heavy (non-hydrogen) atoms. The van der Waals surface area contributed by atoms with Crippen molar-refractivity contribution in [1.82, 2.24) is 4.57 Å². The first kappa shape index (κ1) is 13.6. The van der Waals surface area contributed by atoms with Crippen LogP contribution < -0.4 is 5.73 Å². The van der Waals surface area contributed by atoms with Gasteiger partial charge in [-0.15, -0.1) is 0 Å². The lowest BCUT2D eigenvalue weighted by Crippen LogP contribution is -2.31. The fourth-order valence-corrected chi connectivity index (χ4v) is 3.40. The predicted octanol–water partition coefficient (Wildman–Crippen LogP) is 2.98. The third kappa shape index (κ3) is 2.34. The van der Waals surface area contributed by atoms with Gasteiger partial charge in [-0.05, 0) is 43.7 Å². The number of fused-ring (bicyclic) bond motifs is 1. The summed E-state index contributed by atoms with van der Waals surface area (Å²) in [4.78, 5) is 0. The van der Waals surface area contributed by atoms with Crippen LogP contribution in [0.3, 0.4) is 0 Å². The van der Waals surface area contributed by atoms with Gasteiger partial charge in [0.15, 0.2) is 0 Å². The Labute approximate surface area is 110 Å². The van der Waals surface area contributed by atoms with E-state index in [-0.39, 0.29) is 6.04 Å². The Bertz CT molecular complexity index is 434. The van der Waals surface area contributed by atoms with Gasteiger partial charge in [0.05, 0.1) is 12.6 Å². The molecule has 2 rings (SSSR count). The van der Waals surface area contributed by atoms with Crippen molar-refractivity contribution in [3.8, 4) is 0 Å². The van der Waals surface area contributed by atoms with Crippen LogP contribution in [0.15, 0.2) is 6.07 Å². The van der Waals surface area contributed by atoms with Crippen LogP contribution in [0.4, 0.5) is 0 Å². The zero-order valence-electron chi connectivity index (χ0n) is 12.3. The molecule has 0 aliphatic heterocycles. The molecule has 0 aromatic carbocycles. The molecule has 2 unspecified atom stereocenters. The van der Waals surface area contributed by atoms with Crippen molar-refractivity contribution in [2.45, 2.75) is 52.6 Å². The minimum atomic E-state index is 0.179. The standard InChI is InChI=1S/C15H26N2O/c1-10-6-12-13(16)7-15(3,4)8-14(12)17(10)11(2)9-18-5/h6,11,13H,7-9,16H2,1-5H3. The first-order chi connectivity index (χ1) is 8.35. The van der Waals surface area contributed by atoms with Crippen LogP contribution in [0.1, 0.15) is 56.2 Å². The maximum Gasteiger partial charge on any atom is 0.0667 e. The Morgan fingerprint density at radius 2 is 2.22 bits per heavy atom.